The van der Waals surface area contributed by atoms with Gasteiger partial charge in [0, 0.05) is 17.6 Å². The zero-order chi connectivity index (χ0) is 11.6. The van der Waals surface area contributed by atoms with Crippen molar-refractivity contribution in [3.05, 3.63) is 0 Å². The third kappa shape index (κ3) is 2.69. The number of carbonyl (C=O) groups is 1. The van der Waals surface area contributed by atoms with Crippen molar-refractivity contribution < 1.29 is 9.90 Å². The van der Waals surface area contributed by atoms with Crippen molar-refractivity contribution in [1.82, 2.24) is 4.90 Å². The lowest BCUT2D eigenvalue weighted by molar-refractivity contribution is -0.139. The van der Waals surface area contributed by atoms with Gasteiger partial charge in [-0.3, -0.25) is 9.69 Å². The molecule has 15 heavy (non-hydrogen) atoms. The standard InChI is InChI=1S/C11H22N2O2/c1-8(2)13-6-4-5-11(12,9(13)3)7-10(14)15/h8-9H,4-7,12H2,1-3H3,(H,14,15). The van der Waals surface area contributed by atoms with E-state index in [4.69, 9.17) is 10.8 Å². The SMILES string of the molecule is CC(C)N1CCCC(N)(CC(=O)O)C1C. The van der Waals surface area contributed by atoms with Gasteiger partial charge in [-0.25, -0.2) is 0 Å². The maximum absolute atomic E-state index is 10.8. The minimum atomic E-state index is -0.796. The van der Waals surface area contributed by atoms with Crippen LogP contribution in [0.15, 0.2) is 0 Å². The quantitative estimate of drug-likeness (QED) is 0.737. The predicted molar refractivity (Wildman–Crippen MR) is 59.7 cm³/mol. The van der Waals surface area contributed by atoms with Crippen LogP contribution in [-0.2, 0) is 4.79 Å². The molecule has 4 nitrogen and oxygen atoms in total. The van der Waals surface area contributed by atoms with Crippen molar-refractivity contribution in [2.75, 3.05) is 6.54 Å². The van der Waals surface area contributed by atoms with Crippen LogP contribution >= 0.6 is 0 Å². The van der Waals surface area contributed by atoms with E-state index in [2.05, 4.69) is 18.7 Å². The topological polar surface area (TPSA) is 66.6 Å². The maximum Gasteiger partial charge on any atom is 0.305 e. The van der Waals surface area contributed by atoms with E-state index >= 15 is 0 Å². The number of piperidine rings is 1. The van der Waals surface area contributed by atoms with E-state index < -0.39 is 11.5 Å². The van der Waals surface area contributed by atoms with Gasteiger partial charge in [0.2, 0.25) is 0 Å². The summed E-state index contributed by atoms with van der Waals surface area (Å²) < 4.78 is 0. The lowest BCUT2D eigenvalue weighted by Crippen LogP contribution is -2.62. The van der Waals surface area contributed by atoms with Gasteiger partial charge in [0.05, 0.1) is 6.42 Å². The molecule has 1 aliphatic heterocycles. The van der Waals surface area contributed by atoms with Crippen molar-refractivity contribution in [1.29, 1.82) is 0 Å². The number of carboxylic acids is 1. The van der Waals surface area contributed by atoms with Gasteiger partial charge in [0.1, 0.15) is 0 Å². The van der Waals surface area contributed by atoms with Crippen LogP contribution in [0.3, 0.4) is 0 Å². The summed E-state index contributed by atoms with van der Waals surface area (Å²) in [5, 5.41) is 8.88. The molecule has 4 heteroatoms. The molecule has 0 radical (unpaired) electrons. The molecule has 2 unspecified atom stereocenters. The summed E-state index contributed by atoms with van der Waals surface area (Å²) in [7, 11) is 0. The zero-order valence-corrected chi connectivity index (χ0v) is 9.86. The van der Waals surface area contributed by atoms with Gasteiger partial charge in [-0.15, -0.1) is 0 Å². The van der Waals surface area contributed by atoms with Crippen LogP contribution in [0.5, 0.6) is 0 Å². The predicted octanol–water partition coefficient (Wildman–Crippen LogP) is 1.05. The third-order valence-electron chi connectivity index (χ3n) is 3.53. The fraction of sp³-hybridized carbons (Fsp3) is 0.909. The number of hydrogen-bond acceptors (Lipinski definition) is 3. The molecule has 1 rings (SSSR count). The zero-order valence-electron chi connectivity index (χ0n) is 9.86. The summed E-state index contributed by atoms with van der Waals surface area (Å²) >= 11 is 0. The van der Waals surface area contributed by atoms with Crippen LogP contribution in [0.1, 0.15) is 40.0 Å². The number of nitrogens with zero attached hydrogens (tertiary/aromatic N) is 1. The van der Waals surface area contributed by atoms with Crippen LogP contribution in [0.2, 0.25) is 0 Å². The molecule has 0 aromatic heterocycles. The van der Waals surface area contributed by atoms with E-state index in [-0.39, 0.29) is 12.5 Å². The average molecular weight is 214 g/mol. The Bertz CT molecular complexity index is 243. The molecule has 1 heterocycles. The molecule has 2 atom stereocenters. The summed E-state index contributed by atoms with van der Waals surface area (Å²) in [5.41, 5.74) is 5.65. The molecule has 88 valence electrons. The molecule has 0 amide bonds. The molecule has 1 saturated heterocycles. The summed E-state index contributed by atoms with van der Waals surface area (Å²) in [6, 6.07) is 0.569. The highest BCUT2D eigenvalue weighted by molar-refractivity contribution is 5.68. The molecular weight excluding hydrogens is 192 g/mol. The van der Waals surface area contributed by atoms with Crippen molar-refractivity contribution in [2.24, 2.45) is 5.73 Å². The number of aliphatic carboxylic acids is 1. The largest absolute Gasteiger partial charge is 0.481 e. The van der Waals surface area contributed by atoms with E-state index in [9.17, 15) is 4.79 Å². The molecule has 1 aliphatic rings. The van der Waals surface area contributed by atoms with Gasteiger partial charge in [-0.2, -0.15) is 0 Å². The summed E-state index contributed by atoms with van der Waals surface area (Å²) in [6.07, 6.45) is 1.87. The molecule has 0 bridgehead atoms. The van der Waals surface area contributed by atoms with Crippen molar-refractivity contribution >= 4 is 5.97 Å². The lowest BCUT2D eigenvalue weighted by atomic mass is 9.79. The second kappa shape index (κ2) is 4.49. The Balaban J connectivity index is 2.76. The monoisotopic (exact) mass is 214 g/mol. The van der Waals surface area contributed by atoms with Gasteiger partial charge in [-0.1, -0.05) is 0 Å². The van der Waals surface area contributed by atoms with Crippen LogP contribution in [0.4, 0.5) is 0 Å². The highest BCUT2D eigenvalue weighted by atomic mass is 16.4. The average Bonchev–Trinajstić information content (AvgIpc) is 2.08. The highest BCUT2D eigenvalue weighted by Crippen LogP contribution is 2.29. The Kier molecular flexibility index (Phi) is 3.73. The molecule has 0 saturated carbocycles. The van der Waals surface area contributed by atoms with Crippen molar-refractivity contribution in [3.63, 3.8) is 0 Å². The first-order chi connectivity index (χ1) is 6.87. The van der Waals surface area contributed by atoms with E-state index in [0.29, 0.717) is 6.04 Å². The Hall–Kier alpha value is -0.610. The Morgan fingerprint density at radius 1 is 1.67 bits per heavy atom. The van der Waals surface area contributed by atoms with E-state index in [0.717, 1.165) is 19.4 Å². The molecule has 0 aromatic carbocycles. The normalized spacial score (nSPS) is 33.3. The number of rotatable bonds is 3. The van der Waals surface area contributed by atoms with Gasteiger partial charge in [0.15, 0.2) is 0 Å². The second-order valence-electron chi connectivity index (χ2n) is 4.91. The number of carboxylic acid groups (broad SMARTS) is 1. The summed E-state index contributed by atoms with van der Waals surface area (Å²) in [5.74, 6) is -0.796. The highest BCUT2D eigenvalue weighted by Gasteiger charge is 2.41. The Labute approximate surface area is 91.4 Å². The van der Waals surface area contributed by atoms with E-state index in [1.807, 2.05) is 6.92 Å². The fourth-order valence-electron chi connectivity index (χ4n) is 2.55. The van der Waals surface area contributed by atoms with Gasteiger partial charge >= 0.3 is 5.97 Å². The van der Waals surface area contributed by atoms with Crippen LogP contribution in [0.25, 0.3) is 0 Å². The fourth-order valence-corrected chi connectivity index (χ4v) is 2.55. The van der Waals surface area contributed by atoms with Crippen molar-refractivity contribution in [3.8, 4) is 0 Å². The van der Waals surface area contributed by atoms with Gasteiger partial charge in [-0.05, 0) is 40.2 Å². The number of nitrogens with two attached hydrogens (primary N) is 1. The molecule has 0 spiro atoms. The van der Waals surface area contributed by atoms with Gasteiger partial charge in [0.25, 0.3) is 0 Å². The lowest BCUT2D eigenvalue weighted by Gasteiger charge is -2.47. The van der Waals surface area contributed by atoms with Crippen LogP contribution < -0.4 is 5.73 Å². The van der Waals surface area contributed by atoms with Gasteiger partial charge < -0.3 is 10.8 Å². The molecule has 3 N–H and O–H groups in total. The van der Waals surface area contributed by atoms with E-state index in [1.165, 1.54) is 0 Å². The molecule has 0 aliphatic carbocycles. The van der Waals surface area contributed by atoms with Crippen LogP contribution in [-0.4, -0.2) is 40.1 Å². The van der Waals surface area contributed by atoms with Crippen LogP contribution in [0, 0.1) is 0 Å². The first kappa shape index (κ1) is 12.5. The summed E-state index contributed by atoms with van der Waals surface area (Å²) in [4.78, 5) is 13.1. The molecule has 0 aromatic rings. The molecule has 1 fully saturated rings. The smallest absolute Gasteiger partial charge is 0.305 e. The first-order valence-electron chi connectivity index (χ1n) is 5.63. The Morgan fingerprint density at radius 2 is 2.27 bits per heavy atom. The maximum atomic E-state index is 10.8. The second-order valence-corrected chi connectivity index (χ2v) is 4.91. The number of likely N-dealkylation sites (tertiary alicyclic amines) is 1. The third-order valence-corrected chi connectivity index (χ3v) is 3.53. The van der Waals surface area contributed by atoms with E-state index in [1.54, 1.807) is 0 Å². The van der Waals surface area contributed by atoms with Crippen molar-refractivity contribution in [2.45, 2.75) is 57.7 Å². The minimum Gasteiger partial charge on any atom is -0.481 e. The minimum absolute atomic E-state index is 0.0669. The molecular formula is C11H22N2O2. The first-order valence-corrected chi connectivity index (χ1v) is 5.63. The Morgan fingerprint density at radius 3 is 2.73 bits per heavy atom. The number of hydrogen-bond donors (Lipinski definition) is 2. The summed E-state index contributed by atoms with van der Waals surface area (Å²) in [6.45, 7) is 7.32.